The van der Waals surface area contributed by atoms with Crippen LogP contribution in [0.5, 0.6) is 0 Å². The Morgan fingerprint density at radius 1 is 1.06 bits per heavy atom. The van der Waals surface area contributed by atoms with Crippen LogP contribution >= 0.6 is 0 Å². The molecule has 2 saturated heterocycles. The predicted octanol–water partition coefficient (Wildman–Crippen LogP) is 1.70. The molecule has 8 heteroatoms. The van der Waals surface area contributed by atoms with Gasteiger partial charge in [-0.15, -0.1) is 0 Å². The van der Waals surface area contributed by atoms with E-state index in [1.807, 2.05) is 53.6 Å². The number of nitrogens with zero attached hydrogens (tertiary/aromatic N) is 5. The summed E-state index contributed by atoms with van der Waals surface area (Å²) >= 11 is 0. The number of para-hydroxylation sites is 1. The van der Waals surface area contributed by atoms with Crippen molar-refractivity contribution in [1.29, 1.82) is 0 Å². The lowest BCUT2D eigenvalue weighted by Crippen LogP contribution is -2.51. The molecule has 0 bridgehead atoms. The Hall–Kier alpha value is -3.26. The van der Waals surface area contributed by atoms with Gasteiger partial charge < -0.3 is 4.90 Å². The summed E-state index contributed by atoms with van der Waals surface area (Å²) in [6.45, 7) is 4.46. The average molecular weight is 419 g/mol. The minimum absolute atomic E-state index is 0.0374. The molecule has 0 spiro atoms. The van der Waals surface area contributed by atoms with Crippen LogP contribution in [0.15, 0.2) is 48.7 Å². The van der Waals surface area contributed by atoms with Gasteiger partial charge in [-0.1, -0.05) is 18.2 Å². The van der Waals surface area contributed by atoms with Crippen molar-refractivity contribution >= 4 is 28.5 Å². The number of fused-ring (bicyclic) bond motifs is 1. The molecule has 3 aromatic rings. The molecule has 1 aromatic carbocycles. The Bertz CT molecular complexity index is 1070. The Morgan fingerprint density at radius 3 is 2.68 bits per heavy atom. The lowest BCUT2D eigenvalue weighted by atomic mass is 10.1. The van der Waals surface area contributed by atoms with Crippen LogP contribution in [0.2, 0.25) is 0 Å². The number of H-pyrrole nitrogens is 1. The number of nitrogens with one attached hydrogen (secondary N) is 1. The summed E-state index contributed by atoms with van der Waals surface area (Å²) in [4.78, 5) is 36.1. The molecule has 0 aliphatic carbocycles. The summed E-state index contributed by atoms with van der Waals surface area (Å²) in [6, 6.07) is 13.7. The van der Waals surface area contributed by atoms with Crippen molar-refractivity contribution in [3.8, 4) is 0 Å². The highest BCUT2D eigenvalue weighted by molar-refractivity contribution is 6.05. The molecular formula is C23H26N6O2. The minimum atomic E-state index is -0.303. The number of benzene rings is 1. The van der Waals surface area contributed by atoms with Gasteiger partial charge >= 0.3 is 0 Å². The van der Waals surface area contributed by atoms with Crippen molar-refractivity contribution in [2.75, 3.05) is 44.2 Å². The van der Waals surface area contributed by atoms with E-state index in [0.717, 1.165) is 42.7 Å². The first-order valence-electron chi connectivity index (χ1n) is 10.8. The third-order valence-corrected chi connectivity index (χ3v) is 6.27. The Kier molecular flexibility index (Phi) is 5.38. The van der Waals surface area contributed by atoms with Gasteiger partial charge in [0.1, 0.15) is 0 Å². The molecule has 0 radical (unpaired) electrons. The summed E-state index contributed by atoms with van der Waals surface area (Å²) in [5, 5.41) is 8.21. The number of piperazine rings is 1. The summed E-state index contributed by atoms with van der Waals surface area (Å²) in [7, 11) is 0. The van der Waals surface area contributed by atoms with Crippen LogP contribution in [0, 0.1) is 5.92 Å². The molecule has 2 aliphatic heterocycles. The number of carbonyl (C=O) groups is 2. The summed E-state index contributed by atoms with van der Waals surface area (Å²) in [5.41, 5.74) is 1.98. The molecule has 2 aromatic heterocycles. The van der Waals surface area contributed by atoms with Crippen molar-refractivity contribution in [3.63, 3.8) is 0 Å². The average Bonchev–Trinajstić information content (AvgIpc) is 3.41. The van der Waals surface area contributed by atoms with E-state index in [2.05, 4.69) is 20.1 Å². The highest BCUT2D eigenvalue weighted by Gasteiger charge is 2.39. The largest absolute Gasteiger partial charge is 0.340 e. The standard InChI is InChI=1S/C23H26N6O2/c30-21-15-17(16-29(21)22-19-6-1-2-7-20(19)25-26-22)23(31)28-13-11-27(12-14-28)10-8-18-5-3-4-9-24-18/h1-7,9,17H,8,10-16H2,(H,25,26)/t17-/m0/s1. The number of hydrogen-bond donors (Lipinski definition) is 1. The zero-order valence-electron chi connectivity index (χ0n) is 17.4. The van der Waals surface area contributed by atoms with E-state index >= 15 is 0 Å². The molecule has 2 aliphatic rings. The van der Waals surface area contributed by atoms with Gasteiger partial charge in [-0.25, -0.2) is 0 Å². The van der Waals surface area contributed by atoms with Gasteiger partial charge in [0.25, 0.3) is 0 Å². The number of amides is 2. The molecule has 0 unspecified atom stereocenters. The second kappa shape index (κ2) is 8.47. The second-order valence-corrected chi connectivity index (χ2v) is 8.24. The van der Waals surface area contributed by atoms with E-state index in [4.69, 9.17) is 0 Å². The number of hydrogen-bond acceptors (Lipinski definition) is 5. The molecule has 2 fully saturated rings. The topological polar surface area (TPSA) is 85.4 Å². The van der Waals surface area contributed by atoms with E-state index in [9.17, 15) is 9.59 Å². The summed E-state index contributed by atoms with van der Waals surface area (Å²) < 4.78 is 0. The third-order valence-electron chi connectivity index (χ3n) is 6.27. The fraction of sp³-hybridized carbons (Fsp3) is 0.391. The highest BCUT2D eigenvalue weighted by atomic mass is 16.2. The van der Waals surface area contributed by atoms with E-state index < -0.39 is 0 Å². The van der Waals surface area contributed by atoms with Crippen LogP contribution in [-0.4, -0.2) is 76.1 Å². The maximum Gasteiger partial charge on any atom is 0.229 e. The van der Waals surface area contributed by atoms with Crippen molar-refractivity contribution in [3.05, 3.63) is 54.4 Å². The number of aromatic amines is 1. The zero-order chi connectivity index (χ0) is 21.2. The van der Waals surface area contributed by atoms with E-state index in [1.54, 1.807) is 4.90 Å². The number of carbonyl (C=O) groups excluding carboxylic acids is 2. The molecule has 31 heavy (non-hydrogen) atoms. The molecular weight excluding hydrogens is 392 g/mol. The monoisotopic (exact) mass is 418 g/mol. The Morgan fingerprint density at radius 2 is 1.87 bits per heavy atom. The van der Waals surface area contributed by atoms with Gasteiger partial charge in [-0.2, -0.15) is 5.10 Å². The SMILES string of the molecule is O=C([C@H]1CC(=O)N(c2n[nH]c3ccccc23)C1)N1CCN(CCc2ccccn2)CC1. The van der Waals surface area contributed by atoms with E-state index in [-0.39, 0.29) is 24.2 Å². The van der Waals surface area contributed by atoms with Gasteiger partial charge in [0.05, 0.1) is 11.4 Å². The summed E-state index contributed by atoms with van der Waals surface area (Å²) in [6.07, 6.45) is 2.99. The maximum atomic E-state index is 13.1. The first-order chi connectivity index (χ1) is 15.2. The lowest BCUT2D eigenvalue weighted by molar-refractivity contribution is -0.137. The molecule has 160 valence electrons. The van der Waals surface area contributed by atoms with Crippen LogP contribution in [0.4, 0.5) is 5.82 Å². The predicted molar refractivity (Wildman–Crippen MR) is 118 cm³/mol. The van der Waals surface area contributed by atoms with Crippen LogP contribution in [0.25, 0.3) is 10.9 Å². The highest BCUT2D eigenvalue weighted by Crippen LogP contribution is 2.30. The van der Waals surface area contributed by atoms with Gasteiger partial charge in [0, 0.05) is 69.4 Å². The fourth-order valence-electron chi connectivity index (χ4n) is 4.50. The Balaban J connectivity index is 1.16. The maximum absolute atomic E-state index is 13.1. The quantitative estimate of drug-likeness (QED) is 0.682. The zero-order valence-corrected chi connectivity index (χ0v) is 17.4. The van der Waals surface area contributed by atoms with E-state index in [0.29, 0.717) is 25.5 Å². The number of pyridine rings is 1. The number of aromatic nitrogens is 3. The normalized spacial score (nSPS) is 20.0. The molecule has 2 amide bonds. The lowest BCUT2D eigenvalue weighted by Gasteiger charge is -2.35. The van der Waals surface area contributed by atoms with Gasteiger partial charge in [0.2, 0.25) is 11.8 Å². The van der Waals surface area contributed by atoms with Crippen LogP contribution in [-0.2, 0) is 16.0 Å². The van der Waals surface area contributed by atoms with Crippen molar-refractivity contribution in [2.45, 2.75) is 12.8 Å². The van der Waals surface area contributed by atoms with Crippen LogP contribution < -0.4 is 4.90 Å². The second-order valence-electron chi connectivity index (χ2n) is 8.24. The van der Waals surface area contributed by atoms with E-state index in [1.165, 1.54) is 0 Å². The molecule has 8 nitrogen and oxygen atoms in total. The summed E-state index contributed by atoms with van der Waals surface area (Å²) in [5.74, 6) is 0.364. The first-order valence-corrected chi connectivity index (χ1v) is 10.8. The van der Waals surface area contributed by atoms with Gasteiger partial charge in [-0.3, -0.25) is 29.5 Å². The van der Waals surface area contributed by atoms with Crippen molar-refractivity contribution in [2.24, 2.45) is 5.92 Å². The van der Waals surface area contributed by atoms with Crippen molar-refractivity contribution in [1.82, 2.24) is 25.0 Å². The van der Waals surface area contributed by atoms with Gasteiger partial charge in [-0.05, 0) is 24.3 Å². The molecule has 1 N–H and O–H groups in total. The smallest absolute Gasteiger partial charge is 0.229 e. The van der Waals surface area contributed by atoms with Crippen molar-refractivity contribution < 1.29 is 9.59 Å². The minimum Gasteiger partial charge on any atom is -0.340 e. The fourth-order valence-corrected chi connectivity index (χ4v) is 4.50. The molecule has 4 heterocycles. The first kappa shape index (κ1) is 19.7. The molecule has 1 atom stereocenters. The third kappa shape index (κ3) is 4.03. The molecule has 0 saturated carbocycles. The molecule has 5 rings (SSSR count). The Labute approximate surface area is 180 Å². The van der Waals surface area contributed by atoms with Crippen LogP contribution in [0.1, 0.15) is 12.1 Å². The number of anilines is 1. The van der Waals surface area contributed by atoms with Crippen LogP contribution in [0.3, 0.4) is 0 Å². The van der Waals surface area contributed by atoms with Gasteiger partial charge in [0.15, 0.2) is 5.82 Å². The number of rotatable bonds is 5.